The van der Waals surface area contributed by atoms with E-state index in [0.29, 0.717) is 22.7 Å². The van der Waals surface area contributed by atoms with Crippen LogP contribution in [0.25, 0.3) is 40.1 Å². The van der Waals surface area contributed by atoms with Crippen LogP contribution in [0.5, 0.6) is 11.5 Å². The van der Waals surface area contributed by atoms with E-state index in [4.69, 9.17) is 14.5 Å². The Morgan fingerprint density at radius 2 is 1.55 bits per heavy atom. The number of para-hydroxylation sites is 2. The average molecular weight is 431 g/mol. The van der Waals surface area contributed by atoms with Gasteiger partial charge >= 0.3 is 0 Å². The number of fused-ring (bicyclic) bond motifs is 3. The lowest BCUT2D eigenvalue weighted by Gasteiger charge is -2.11. The molecule has 0 saturated heterocycles. The van der Waals surface area contributed by atoms with E-state index < -0.39 is 0 Å². The van der Waals surface area contributed by atoms with Crippen LogP contribution in [0.2, 0.25) is 0 Å². The zero-order valence-electron chi connectivity index (χ0n) is 18.3. The first-order valence-electron chi connectivity index (χ1n) is 10.5. The van der Waals surface area contributed by atoms with Gasteiger partial charge in [-0.1, -0.05) is 54.6 Å². The molecule has 0 aliphatic carbocycles. The number of rotatable bonds is 5. The van der Waals surface area contributed by atoms with E-state index in [1.807, 2.05) is 78.9 Å². The Morgan fingerprint density at radius 3 is 2.24 bits per heavy atom. The third kappa shape index (κ3) is 3.68. The summed E-state index contributed by atoms with van der Waals surface area (Å²) >= 11 is 0. The Labute approximate surface area is 191 Å². The predicted octanol–water partition coefficient (Wildman–Crippen LogP) is 6.21. The highest BCUT2D eigenvalue weighted by Gasteiger charge is 2.16. The van der Waals surface area contributed by atoms with Crippen LogP contribution >= 0.6 is 0 Å². The molecule has 0 unspecified atom stereocenters. The van der Waals surface area contributed by atoms with E-state index in [1.54, 1.807) is 14.2 Å². The van der Waals surface area contributed by atoms with Crippen LogP contribution < -0.4 is 9.47 Å². The highest BCUT2D eigenvalue weighted by atomic mass is 16.5. The van der Waals surface area contributed by atoms with Crippen LogP contribution in [0.3, 0.4) is 0 Å². The molecule has 0 radical (unpaired) electrons. The number of imidazole rings is 1. The molecule has 5 nitrogen and oxygen atoms in total. The minimum absolute atomic E-state index is 0.525. The summed E-state index contributed by atoms with van der Waals surface area (Å²) in [6, 6.07) is 28.2. The van der Waals surface area contributed by atoms with Gasteiger partial charge in [0.05, 0.1) is 30.9 Å². The maximum Gasteiger partial charge on any atom is 0.157 e. The first-order chi connectivity index (χ1) is 16.2. The Bertz CT molecular complexity index is 1520. The molecule has 5 aromatic rings. The molecule has 2 aromatic heterocycles. The molecular formula is C28H21N3O2. The second kappa shape index (κ2) is 8.52. The number of pyridine rings is 1. The summed E-state index contributed by atoms with van der Waals surface area (Å²) in [6.45, 7) is 0. The lowest BCUT2D eigenvalue weighted by Crippen LogP contribution is -1.98. The molecule has 0 bridgehead atoms. The Balaban J connectivity index is 1.76. The van der Waals surface area contributed by atoms with E-state index in [0.717, 1.165) is 33.4 Å². The van der Waals surface area contributed by atoms with Crippen molar-refractivity contribution in [3.8, 4) is 28.8 Å². The summed E-state index contributed by atoms with van der Waals surface area (Å²) in [5, 5.41) is 10.1. The number of aromatic nitrogens is 2. The highest BCUT2D eigenvalue weighted by molar-refractivity contribution is 5.89. The second-order valence-electron chi connectivity index (χ2n) is 7.58. The fourth-order valence-corrected chi connectivity index (χ4v) is 4.03. The fraction of sp³-hybridized carbons (Fsp3) is 0.0714. The molecular weight excluding hydrogens is 410 g/mol. The smallest absolute Gasteiger partial charge is 0.157 e. The number of nitrogens with zero attached hydrogens (tertiary/aromatic N) is 3. The molecule has 0 saturated carbocycles. The number of nitriles is 1. The largest absolute Gasteiger partial charge is 0.497 e. The van der Waals surface area contributed by atoms with Crippen molar-refractivity contribution in [2.24, 2.45) is 0 Å². The van der Waals surface area contributed by atoms with Crippen LogP contribution in [0, 0.1) is 11.3 Å². The van der Waals surface area contributed by atoms with Crippen molar-refractivity contribution in [2.75, 3.05) is 14.2 Å². The van der Waals surface area contributed by atoms with Gasteiger partial charge in [0.25, 0.3) is 0 Å². The summed E-state index contributed by atoms with van der Waals surface area (Å²) in [6.07, 6.45) is 3.90. The fourth-order valence-electron chi connectivity index (χ4n) is 4.03. The summed E-state index contributed by atoms with van der Waals surface area (Å²) in [4.78, 5) is 4.81. The zero-order chi connectivity index (χ0) is 22.8. The molecule has 2 heterocycles. The van der Waals surface area contributed by atoms with Gasteiger partial charge in [-0.3, -0.25) is 4.40 Å². The molecule has 5 rings (SSSR count). The number of hydrogen-bond donors (Lipinski definition) is 0. The van der Waals surface area contributed by atoms with Crippen molar-refractivity contribution in [2.45, 2.75) is 0 Å². The average Bonchev–Trinajstić information content (AvgIpc) is 3.26. The topological polar surface area (TPSA) is 59.5 Å². The van der Waals surface area contributed by atoms with Crippen LogP contribution in [-0.4, -0.2) is 23.6 Å². The van der Waals surface area contributed by atoms with E-state index in [1.165, 1.54) is 0 Å². The minimum atomic E-state index is 0.525. The highest BCUT2D eigenvalue weighted by Crippen LogP contribution is 2.31. The second-order valence-corrected chi connectivity index (χ2v) is 7.58. The number of methoxy groups -OCH3 is 2. The van der Waals surface area contributed by atoms with Gasteiger partial charge in [-0.25, -0.2) is 4.98 Å². The van der Waals surface area contributed by atoms with Gasteiger partial charge in [-0.15, -0.1) is 0 Å². The molecule has 0 amide bonds. The van der Waals surface area contributed by atoms with Crippen molar-refractivity contribution in [3.05, 3.63) is 95.6 Å². The molecule has 0 N–H and O–H groups in total. The molecule has 5 heteroatoms. The number of benzene rings is 3. The Kier molecular flexibility index (Phi) is 5.26. The van der Waals surface area contributed by atoms with Crippen molar-refractivity contribution < 1.29 is 9.47 Å². The van der Waals surface area contributed by atoms with Gasteiger partial charge in [0.15, 0.2) is 5.65 Å². The maximum absolute atomic E-state index is 10.1. The third-order valence-corrected chi connectivity index (χ3v) is 5.62. The SMILES string of the molecule is COc1cc(C=Cc2cc(-c3ccccc3)n3c(nc4ccccc43)c2C#N)cc(OC)c1. The normalized spacial score (nSPS) is 11.2. The lowest BCUT2D eigenvalue weighted by molar-refractivity contribution is 0.394. The Morgan fingerprint density at radius 1 is 0.848 bits per heavy atom. The quantitative estimate of drug-likeness (QED) is 0.332. The first-order valence-corrected chi connectivity index (χ1v) is 10.5. The molecule has 0 atom stereocenters. The van der Waals surface area contributed by atoms with Crippen molar-refractivity contribution in [1.82, 2.24) is 9.38 Å². The minimum Gasteiger partial charge on any atom is -0.497 e. The van der Waals surface area contributed by atoms with Crippen molar-refractivity contribution in [3.63, 3.8) is 0 Å². The van der Waals surface area contributed by atoms with Crippen LogP contribution in [0.1, 0.15) is 16.7 Å². The lowest BCUT2D eigenvalue weighted by atomic mass is 10.0. The third-order valence-electron chi connectivity index (χ3n) is 5.62. The Hall–Kier alpha value is -4.56. The summed E-state index contributed by atoms with van der Waals surface area (Å²) in [5.74, 6) is 1.41. The predicted molar refractivity (Wildman–Crippen MR) is 131 cm³/mol. The number of ether oxygens (including phenoxy) is 2. The van der Waals surface area contributed by atoms with Gasteiger partial charge < -0.3 is 9.47 Å². The standard InChI is InChI=1S/C28H21N3O2/c1-32-22-14-19(15-23(17-22)33-2)12-13-21-16-27(20-8-4-3-5-9-20)31-26-11-7-6-10-25(26)30-28(31)24(21)18-29/h3-17H,1-2H3. The monoisotopic (exact) mass is 431 g/mol. The van der Waals surface area contributed by atoms with Crippen LogP contribution in [0.15, 0.2) is 78.9 Å². The molecule has 0 aliphatic heterocycles. The van der Waals surface area contributed by atoms with E-state index in [-0.39, 0.29) is 0 Å². The van der Waals surface area contributed by atoms with Gasteiger partial charge in [-0.05, 0) is 47.0 Å². The van der Waals surface area contributed by atoms with Gasteiger partial charge in [-0.2, -0.15) is 5.26 Å². The van der Waals surface area contributed by atoms with E-state index >= 15 is 0 Å². The first kappa shape index (κ1) is 20.3. The summed E-state index contributed by atoms with van der Waals surface area (Å²) in [5.41, 5.74) is 6.71. The zero-order valence-corrected chi connectivity index (χ0v) is 18.3. The molecule has 0 fully saturated rings. The molecule has 0 aliphatic rings. The molecule has 160 valence electrons. The van der Waals surface area contributed by atoms with Gasteiger partial charge in [0.2, 0.25) is 0 Å². The van der Waals surface area contributed by atoms with Gasteiger partial charge in [0, 0.05) is 6.07 Å². The summed E-state index contributed by atoms with van der Waals surface area (Å²) in [7, 11) is 3.25. The maximum atomic E-state index is 10.1. The molecule has 33 heavy (non-hydrogen) atoms. The van der Waals surface area contributed by atoms with Crippen LogP contribution in [0.4, 0.5) is 0 Å². The van der Waals surface area contributed by atoms with E-state index in [2.05, 4.69) is 22.6 Å². The van der Waals surface area contributed by atoms with E-state index in [9.17, 15) is 5.26 Å². The molecule has 3 aromatic carbocycles. The molecule has 0 spiro atoms. The number of hydrogen-bond acceptors (Lipinski definition) is 4. The van der Waals surface area contributed by atoms with Crippen molar-refractivity contribution in [1.29, 1.82) is 5.26 Å². The summed E-state index contributed by atoms with van der Waals surface area (Å²) < 4.78 is 12.8. The van der Waals surface area contributed by atoms with Crippen molar-refractivity contribution >= 4 is 28.8 Å². The van der Waals surface area contributed by atoms with Crippen LogP contribution in [-0.2, 0) is 0 Å². The van der Waals surface area contributed by atoms with Gasteiger partial charge in [0.1, 0.15) is 23.1 Å².